The summed E-state index contributed by atoms with van der Waals surface area (Å²) in [6, 6.07) is 9.13. The fraction of sp³-hybridized carbons (Fsp3) is 0.0625. The Morgan fingerprint density at radius 3 is 2.48 bits per heavy atom. The first kappa shape index (κ1) is 15.1. The number of ketones is 1. The smallest absolute Gasteiger partial charge is 0.185 e. The molecule has 5 heteroatoms. The zero-order valence-electron chi connectivity index (χ0n) is 11.2. The average molecular weight is 349 g/mol. The molecule has 0 atom stereocenters. The molecule has 0 radical (unpaired) electrons. The highest BCUT2D eigenvalue weighted by Gasteiger charge is 2.07. The molecule has 0 saturated carbocycles. The molecule has 0 spiro atoms. The van der Waals surface area contributed by atoms with Crippen LogP contribution in [0.15, 0.2) is 46.9 Å². The maximum Gasteiger partial charge on any atom is 0.185 e. The van der Waals surface area contributed by atoms with E-state index >= 15 is 0 Å². The summed E-state index contributed by atoms with van der Waals surface area (Å²) in [5.74, 6) is 0.261. The molecule has 0 aromatic heterocycles. The molecule has 0 heterocycles. The van der Waals surface area contributed by atoms with Crippen molar-refractivity contribution in [2.24, 2.45) is 0 Å². The zero-order chi connectivity index (χ0) is 15.4. The second kappa shape index (κ2) is 6.45. The number of carbonyl (C=O) groups is 1. The van der Waals surface area contributed by atoms with E-state index in [0.717, 1.165) is 0 Å². The van der Waals surface area contributed by atoms with E-state index in [1.807, 2.05) is 0 Å². The van der Waals surface area contributed by atoms with Gasteiger partial charge in [-0.3, -0.25) is 4.79 Å². The maximum atomic E-state index is 12.0. The molecular formula is C16H13BrO4. The highest BCUT2D eigenvalue weighted by atomic mass is 79.9. The van der Waals surface area contributed by atoms with Gasteiger partial charge in [0, 0.05) is 10.0 Å². The number of rotatable bonds is 4. The number of aromatic hydroxyl groups is 2. The molecule has 0 fully saturated rings. The van der Waals surface area contributed by atoms with Gasteiger partial charge in [-0.15, -0.1) is 0 Å². The Bertz CT molecular complexity index is 690. The predicted octanol–water partition coefficient (Wildman–Crippen LogP) is 3.77. The van der Waals surface area contributed by atoms with Crippen LogP contribution in [0.25, 0.3) is 6.08 Å². The molecule has 2 aromatic carbocycles. The van der Waals surface area contributed by atoms with Crippen LogP contribution in [0.5, 0.6) is 17.2 Å². The number of carbonyl (C=O) groups excluding carboxylic acids is 1. The van der Waals surface area contributed by atoms with Crippen LogP contribution in [0, 0.1) is 0 Å². The topological polar surface area (TPSA) is 66.8 Å². The minimum absolute atomic E-state index is 0.00238. The molecule has 0 amide bonds. The van der Waals surface area contributed by atoms with Gasteiger partial charge in [-0.1, -0.05) is 15.9 Å². The summed E-state index contributed by atoms with van der Waals surface area (Å²) < 4.78 is 5.69. The first-order chi connectivity index (χ1) is 10.0. The first-order valence-corrected chi connectivity index (χ1v) is 6.88. The van der Waals surface area contributed by atoms with Crippen molar-refractivity contribution in [2.75, 3.05) is 7.11 Å². The Morgan fingerprint density at radius 2 is 1.86 bits per heavy atom. The lowest BCUT2D eigenvalue weighted by Gasteiger charge is -2.06. The van der Waals surface area contributed by atoms with Gasteiger partial charge in [0.25, 0.3) is 0 Å². The van der Waals surface area contributed by atoms with Crippen LogP contribution in [-0.2, 0) is 0 Å². The zero-order valence-corrected chi connectivity index (χ0v) is 12.8. The monoisotopic (exact) mass is 348 g/mol. The Labute approximate surface area is 130 Å². The SMILES string of the molecule is COc1cc(Br)c(/C=C/C(=O)c2ccc(O)cc2)cc1O. The number of benzene rings is 2. The molecule has 0 bridgehead atoms. The second-order valence-electron chi connectivity index (χ2n) is 4.29. The van der Waals surface area contributed by atoms with Crippen molar-refractivity contribution in [1.29, 1.82) is 0 Å². The van der Waals surface area contributed by atoms with E-state index in [1.165, 1.54) is 31.4 Å². The van der Waals surface area contributed by atoms with Crippen LogP contribution >= 0.6 is 15.9 Å². The molecule has 2 rings (SSSR count). The van der Waals surface area contributed by atoms with E-state index < -0.39 is 0 Å². The number of ether oxygens (including phenoxy) is 1. The predicted molar refractivity (Wildman–Crippen MR) is 83.8 cm³/mol. The van der Waals surface area contributed by atoms with Gasteiger partial charge in [0.15, 0.2) is 17.3 Å². The van der Waals surface area contributed by atoms with Crippen LogP contribution in [0.4, 0.5) is 0 Å². The molecule has 0 aliphatic carbocycles. The quantitative estimate of drug-likeness (QED) is 0.652. The highest BCUT2D eigenvalue weighted by molar-refractivity contribution is 9.10. The van der Waals surface area contributed by atoms with Crippen LogP contribution in [0.3, 0.4) is 0 Å². The summed E-state index contributed by atoms with van der Waals surface area (Å²) in [7, 11) is 1.46. The summed E-state index contributed by atoms with van der Waals surface area (Å²) in [5, 5.41) is 18.9. The number of halogens is 1. The number of phenols is 2. The van der Waals surface area contributed by atoms with Gasteiger partial charge in [0.1, 0.15) is 5.75 Å². The molecule has 0 saturated heterocycles. The molecule has 0 unspecified atom stereocenters. The molecule has 108 valence electrons. The van der Waals surface area contributed by atoms with Crippen LogP contribution in [-0.4, -0.2) is 23.1 Å². The third-order valence-electron chi connectivity index (χ3n) is 2.86. The molecule has 0 aliphatic rings. The lowest BCUT2D eigenvalue weighted by atomic mass is 10.1. The summed E-state index contributed by atoms with van der Waals surface area (Å²) in [6.45, 7) is 0. The summed E-state index contributed by atoms with van der Waals surface area (Å²) in [5.41, 5.74) is 1.12. The van der Waals surface area contributed by atoms with Crippen molar-refractivity contribution in [3.8, 4) is 17.2 Å². The first-order valence-electron chi connectivity index (χ1n) is 6.09. The third kappa shape index (κ3) is 3.64. The minimum atomic E-state index is -0.197. The minimum Gasteiger partial charge on any atom is -0.508 e. The van der Waals surface area contributed by atoms with E-state index in [-0.39, 0.29) is 17.3 Å². The van der Waals surface area contributed by atoms with Gasteiger partial charge in [-0.2, -0.15) is 0 Å². The maximum absolute atomic E-state index is 12.0. The summed E-state index contributed by atoms with van der Waals surface area (Å²) >= 11 is 3.35. The fourth-order valence-corrected chi connectivity index (χ4v) is 2.19. The highest BCUT2D eigenvalue weighted by Crippen LogP contribution is 2.33. The Kier molecular flexibility index (Phi) is 4.65. The Balaban J connectivity index is 2.23. The van der Waals surface area contributed by atoms with Crippen molar-refractivity contribution >= 4 is 27.8 Å². The van der Waals surface area contributed by atoms with Crippen molar-refractivity contribution in [3.05, 3.63) is 58.1 Å². The molecule has 2 N–H and O–H groups in total. The Hall–Kier alpha value is -2.27. The van der Waals surface area contributed by atoms with E-state index in [2.05, 4.69) is 15.9 Å². The van der Waals surface area contributed by atoms with Crippen LogP contribution in [0.2, 0.25) is 0 Å². The molecule has 2 aromatic rings. The second-order valence-corrected chi connectivity index (χ2v) is 5.14. The lowest BCUT2D eigenvalue weighted by molar-refractivity contribution is 0.104. The van der Waals surface area contributed by atoms with Gasteiger partial charge < -0.3 is 14.9 Å². The summed E-state index contributed by atoms with van der Waals surface area (Å²) in [4.78, 5) is 12.0. The van der Waals surface area contributed by atoms with Crippen LogP contribution in [0.1, 0.15) is 15.9 Å². The normalized spacial score (nSPS) is 10.8. The number of methoxy groups -OCH3 is 1. The fourth-order valence-electron chi connectivity index (χ4n) is 1.74. The number of hydrogen-bond acceptors (Lipinski definition) is 4. The number of hydrogen-bond donors (Lipinski definition) is 2. The standard InChI is InChI=1S/C16H13BrO4/c1-21-16-9-13(17)11(8-15(16)20)4-7-14(19)10-2-5-12(18)6-3-10/h2-9,18,20H,1H3/b7-4+. The summed E-state index contributed by atoms with van der Waals surface area (Å²) in [6.07, 6.45) is 3.00. The van der Waals surface area contributed by atoms with Crippen molar-refractivity contribution in [3.63, 3.8) is 0 Å². The molecular weight excluding hydrogens is 336 g/mol. The van der Waals surface area contributed by atoms with Gasteiger partial charge in [0.2, 0.25) is 0 Å². The van der Waals surface area contributed by atoms with Crippen molar-refractivity contribution < 1.29 is 19.7 Å². The molecule has 4 nitrogen and oxygen atoms in total. The Morgan fingerprint density at radius 1 is 1.19 bits per heavy atom. The lowest BCUT2D eigenvalue weighted by Crippen LogP contribution is -1.93. The van der Waals surface area contributed by atoms with Crippen molar-refractivity contribution in [1.82, 2.24) is 0 Å². The van der Waals surface area contributed by atoms with E-state index in [9.17, 15) is 15.0 Å². The van der Waals surface area contributed by atoms with Gasteiger partial charge in [-0.25, -0.2) is 0 Å². The molecule has 21 heavy (non-hydrogen) atoms. The van der Waals surface area contributed by atoms with E-state index in [1.54, 1.807) is 24.3 Å². The largest absolute Gasteiger partial charge is 0.508 e. The van der Waals surface area contributed by atoms with E-state index in [0.29, 0.717) is 21.3 Å². The van der Waals surface area contributed by atoms with Crippen LogP contribution < -0.4 is 4.74 Å². The number of phenolic OH excluding ortho intramolecular Hbond substituents is 2. The molecule has 0 aliphatic heterocycles. The number of allylic oxidation sites excluding steroid dienone is 1. The van der Waals surface area contributed by atoms with Gasteiger partial charge in [0.05, 0.1) is 7.11 Å². The van der Waals surface area contributed by atoms with E-state index in [4.69, 9.17) is 4.74 Å². The third-order valence-corrected chi connectivity index (χ3v) is 3.55. The van der Waals surface area contributed by atoms with Crippen molar-refractivity contribution in [2.45, 2.75) is 0 Å². The average Bonchev–Trinajstić information content (AvgIpc) is 2.48. The van der Waals surface area contributed by atoms with Gasteiger partial charge >= 0.3 is 0 Å². The van der Waals surface area contributed by atoms with Gasteiger partial charge in [-0.05, 0) is 54.1 Å².